The van der Waals surface area contributed by atoms with Crippen LogP contribution in [0.2, 0.25) is 34.5 Å². The molecule has 0 atom stereocenters. The second-order valence-electron chi connectivity index (χ2n) is 24.1. The van der Waals surface area contributed by atoms with Gasteiger partial charge >= 0.3 is 373 Å². The number of pyridine rings is 1. The number of aromatic nitrogens is 1. The number of benzene rings is 12. The van der Waals surface area contributed by atoms with Gasteiger partial charge in [0.15, 0.2) is 12.4 Å². The van der Waals surface area contributed by atoms with Gasteiger partial charge in [-0.1, -0.05) is 97.1 Å². The average Bonchev–Trinajstić information content (AvgIpc) is 0.978. The van der Waals surface area contributed by atoms with Gasteiger partial charge in [-0.3, -0.25) is 0 Å². The van der Waals surface area contributed by atoms with Crippen LogP contribution in [0, 0.1) is 0 Å². The van der Waals surface area contributed by atoms with E-state index in [1.54, 1.807) is 0 Å². The second kappa shape index (κ2) is 23.9. The summed E-state index contributed by atoms with van der Waals surface area (Å²) in [6.07, 6.45) is 4.29. The molecule has 0 aliphatic heterocycles. The first kappa shape index (κ1) is 55.8. The number of nitrogens with zero attached hydrogens (tertiary/aromatic N) is 5. The van der Waals surface area contributed by atoms with Crippen molar-refractivity contribution in [2.45, 2.75) is 34.5 Å². The molecule has 0 radical (unpaired) electrons. The Morgan fingerprint density at radius 1 is 0.221 bits per heavy atom. The number of rotatable bonds is 16. The van der Waals surface area contributed by atoms with E-state index in [2.05, 4.69) is 374 Å². The summed E-state index contributed by atoms with van der Waals surface area (Å²) in [6, 6.07) is 111. The molecule has 0 N–H and O–H groups in total. The third kappa shape index (κ3) is 11.4. The van der Waals surface area contributed by atoms with E-state index < -0.39 is 26.5 Å². The number of anilines is 12. The Morgan fingerprint density at radius 2 is 0.465 bits per heavy atom. The van der Waals surface area contributed by atoms with Gasteiger partial charge in [0.2, 0.25) is 5.69 Å². The first-order chi connectivity index (χ1) is 41.9. The third-order valence-electron chi connectivity index (χ3n) is 16.4. The van der Waals surface area contributed by atoms with Gasteiger partial charge in [0.25, 0.3) is 0 Å². The van der Waals surface area contributed by atoms with Crippen LogP contribution in [0.5, 0.6) is 0 Å². The van der Waals surface area contributed by atoms with Crippen LogP contribution >= 0.6 is 0 Å². The van der Waals surface area contributed by atoms with E-state index in [0.29, 0.717) is 0 Å². The Bertz CT molecular complexity index is 4070. The van der Waals surface area contributed by atoms with Gasteiger partial charge in [-0.15, -0.1) is 0 Å². The molecule has 0 spiro atoms. The molecule has 1 heterocycles. The summed E-state index contributed by atoms with van der Waals surface area (Å²) in [5.74, 6) is 14.8. The van der Waals surface area contributed by atoms with Gasteiger partial charge in [-0.2, -0.15) is 4.57 Å². The topological polar surface area (TPSA) is 16.8 Å². The summed E-state index contributed by atoms with van der Waals surface area (Å²) in [7, 11) is 0. The number of hydrogen-bond donors (Lipinski definition) is 0. The summed E-state index contributed by atoms with van der Waals surface area (Å²) in [5, 5.41) is 4.62. The van der Waals surface area contributed by atoms with Gasteiger partial charge in [-0.05, 0) is 11.1 Å². The molecular weight excluding hydrogens is 1160 g/mol. The zero-order valence-electron chi connectivity index (χ0n) is 49.8. The fraction of sp³-hybridized carbons (Fsp3) is 0.0759. The van der Waals surface area contributed by atoms with Crippen LogP contribution in [0.1, 0.15) is 0 Å². The molecule has 418 valence electrons. The van der Waals surface area contributed by atoms with Crippen molar-refractivity contribution >= 4 is 125 Å². The van der Waals surface area contributed by atoms with Crippen LogP contribution in [0.15, 0.2) is 316 Å². The Morgan fingerprint density at radius 3 is 0.802 bits per heavy atom. The van der Waals surface area contributed by atoms with Crippen LogP contribution in [0.4, 0.5) is 68.2 Å². The van der Waals surface area contributed by atoms with Gasteiger partial charge in [0.05, 0.1) is 0 Å². The molecule has 13 aromatic rings. The molecule has 0 aliphatic carbocycles. The van der Waals surface area contributed by atoms with Gasteiger partial charge in [0, 0.05) is 12.1 Å². The number of para-hydroxylation sites is 3. The standard InChI is InChI=1S/C79H70Ge2N5/c1-80(2,3)61-37-43-69(44-38-61)85(71-51-47-67(48-52-71)83(64-27-15-9-16-28-64)66-41-35-60(36-42-66)59-23-11-7-12-24-59)78-74-31-19-21-33-76(74)79(77-34-22-20-32-75(77)78)86(70-45-39-62(40-46-70)81(4,5)6)72-53-49-68(50-54-72)84(65-29-17-10-18-30-65)73-55-57-82(58-56-73)63-25-13-8-14-26-63/h7-58H,1-6H3/q+1. The molecule has 0 saturated heterocycles. The molecule has 0 aliphatic rings. The Labute approximate surface area is 512 Å². The van der Waals surface area contributed by atoms with E-state index in [1.807, 2.05) is 0 Å². The predicted molar refractivity (Wildman–Crippen MR) is 373 cm³/mol. The first-order valence-electron chi connectivity index (χ1n) is 29.8. The molecule has 5 nitrogen and oxygen atoms in total. The van der Waals surface area contributed by atoms with Crippen molar-refractivity contribution in [2.24, 2.45) is 0 Å². The van der Waals surface area contributed by atoms with Gasteiger partial charge in [0.1, 0.15) is 0 Å². The normalized spacial score (nSPS) is 11.6. The zero-order chi connectivity index (χ0) is 58.8. The fourth-order valence-electron chi connectivity index (χ4n) is 11.9. The zero-order valence-corrected chi connectivity index (χ0v) is 54.0. The minimum absolute atomic E-state index is 1.06. The van der Waals surface area contributed by atoms with E-state index in [-0.39, 0.29) is 0 Å². The monoisotopic (exact) mass is 1240 g/mol. The van der Waals surface area contributed by atoms with E-state index in [9.17, 15) is 0 Å². The van der Waals surface area contributed by atoms with Crippen LogP contribution in [-0.2, 0) is 0 Å². The molecule has 0 fully saturated rings. The van der Waals surface area contributed by atoms with Gasteiger partial charge in [-0.25, -0.2) is 0 Å². The Balaban J connectivity index is 0.972. The SMILES string of the molecule is [CH3][Ge]([CH3])([CH3])[c]1ccc(N(c2ccc(N(c3ccccc3)c3ccc(-c4ccccc4)cc3)cc2)c2c3ccccc3c(N(c3ccc(N(c4ccccc4)c4cc[n+](-c5ccccc5)cc4)cc3)c3cc[c]([Ge]([CH3])([CH3])[CH3])cc3)c3ccccc23)cc1. The maximum absolute atomic E-state index is 2.51. The first-order valence-corrected chi connectivity index (χ1v) is 44.5. The molecule has 0 amide bonds. The molecule has 1 aromatic heterocycles. The van der Waals surface area contributed by atoms with Crippen LogP contribution < -0.4 is 33.0 Å². The maximum atomic E-state index is 2.51. The molecule has 0 bridgehead atoms. The summed E-state index contributed by atoms with van der Waals surface area (Å²) < 4.78 is 5.11. The summed E-state index contributed by atoms with van der Waals surface area (Å²) in [6.45, 7) is 0. The molecule has 0 saturated carbocycles. The van der Waals surface area contributed by atoms with Crippen molar-refractivity contribution < 1.29 is 4.57 Å². The summed E-state index contributed by atoms with van der Waals surface area (Å²) in [5.41, 5.74) is 16.6. The summed E-state index contributed by atoms with van der Waals surface area (Å²) >= 11 is -4.39. The van der Waals surface area contributed by atoms with Crippen molar-refractivity contribution in [2.75, 3.05) is 19.6 Å². The van der Waals surface area contributed by atoms with Crippen molar-refractivity contribution in [3.05, 3.63) is 316 Å². The molecule has 12 aromatic carbocycles. The molecular formula is C79H70Ge2N5+. The van der Waals surface area contributed by atoms with Crippen LogP contribution in [-0.4, -0.2) is 26.5 Å². The predicted octanol–water partition coefficient (Wildman–Crippen LogP) is 20.9. The van der Waals surface area contributed by atoms with Gasteiger partial charge < -0.3 is 0 Å². The van der Waals surface area contributed by atoms with E-state index in [1.165, 1.54) is 19.9 Å². The van der Waals surface area contributed by atoms with Crippen LogP contribution in [0.25, 0.3) is 38.4 Å². The van der Waals surface area contributed by atoms with Crippen molar-refractivity contribution in [1.82, 2.24) is 0 Å². The minimum atomic E-state index is -2.20. The summed E-state index contributed by atoms with van der Waals surface area (Å²) in [4.78, 5) is 9.70. The Kier molecular flexibility index (Phi) is 15.5. The van der Waals surface area contributed by atoms with Crippen molar-refractivity contribution in [1.29, 1.82) is 0 Å². The second-order valence-corrected chi connectivity index (χ2v) is 45.4. The quantitative estimate of drug-likeness (QED) is 0.0415. The molecule has 0 unspecified atom stereocenters. The molecule has 7 heteroatoms. The number of fused-ring (bicyclic) bond motifs is 2. The number of hydrogen-bond acceptors (Lipinski definition) is 4. The van der Waals surface area contributed by atoms with Crippen molar-refractivity contribution in [3.8, 4) is 16.8 Å². The van der Waals surface area contributed by atoms with Crippen molar-refractivity contribution in [3.63, 3.8) is 0 Å². The fourth-order valence-corrected chi connectivity index (χ4v) is 16.8. The molecule has 86 heavy (non-hydrogen) atoms. The van der Waals surface area contributed by atoms with E-state index in [4.69, 9.17) is 0 Å². The molecule has 13 rings (SSSR count). The van der Waals surface area contributed by atoms with E-state index >= 15 is 0 Å². The average molecular weight is 1230 g/mol. The Hall–Kier alpha value is -9.40. The van der Waals surface area contributed by atoms with Crippen LogP contribution in [0.3, 0.4) is 0 Å². The third-order valence-corrected chi connectivity index (χ3v) is 25.1. The van der Waals surface area contributed by atoms with E-state index in [0.717, 1.165) is 95.5 Å².